The average Bonchev–Trinajstić information content (AvgIpc) is 2.45. The molecule has 1 aromatic rings. The maximum Gasteiger partial charge on any atom is 0.307 e. The first-order valence-electron chi connectivity index (χ1n) is 5.69. The number of nitrogens with zero attached hydrogens (tertiary/aromatic N) is 1. The molecular weight excluding hydrogens is 220 g/mol. The van der Waals surface area contributed by atoms with Crippen LogP contribution in [0.3, 0.4) is 0 Å². The van der Waals surface area contributed by atoms with Gasteiger partial charge in [-0.2, -0.15) is 0 Å². The quantitative estimate of drug-likeness (QED) is 0.878. The number of thiazole rings is 1. The predicted molar refractivity (Wildman–Crippen MR) is 70.2 cm³/mol. The number of nitrogens with one attached hydrogen (secondary N) is 1. The molecule has 0 fully saturated rings. The molecule has 0 aliphatic rings. The second kappa shape index (κ2) is 5.15. The average molecular weight is 242 g/mol. The van der Waals surface area contributed by atoms with Crippen LogP contribution in [0.4, 0.5) is 0 Å². The van der Waals surface area contributed by atoms with E-state index >= 15 is 0 Å². The van der Waals surface area contributed by atoms with Crippen LogP contribution in [0.5, 0.6) is 0 Å². The summed E-state index contributed by atoms with van der Waals surface area (Å²) in [6.07, 6.45) is 0. The van der Waals surface area contributed by atoms with Crippen molar-refractivity contribution < 1.29 is 0 Å². The minimum absolute atomic E-state index is 0.142. The van der Waals surface area contributed by atoms with Crippen LogP contribution in [-0.4, -0.2) is 16.7 Å². The van der Waals surface area contributed by atoms with Crippen LogP contribution in [0.15, 0.2) is 10.2 Å². The van der Waals surface area contributed by atoms with E-state index in [4.69, 9.17) is 0 Å². The van der Waals surface area contributed by atoms with Gasteiger partial charge in [0.2, 0.25) is 0 Å². The third-order valence-electron chi connectivity index (χ3n) is 2.45. The third-order valence-corrected chi connectivity index (χ3v) is 3.33. The van der Waals surface area contributed by atoms with Crippen LogP contribution in [0, 0.1) is 12.8 Å². The maximum absolute atomic E-state index is 11.5. The lowest BCUT2D eigenvalue weighted by molar-refractivity contribution is 0.358. The topological polar surface area (TPSA) is 34.0 Å². The summed E-state index contributed by atoms with van der Waals surface area (Å²) in [4.78, 5) is 11.7. The highest BCUT2D eigenvalue weighted by Crippen LogP contribution is 2.06. The Morgan fingerprint density at radius 1 is 1.50 bits per heavy atom. The molecule has 0 bridgehead atoms. The van der Waals surface area contributed by atoms with Crippen molar-refractivity contribution in [2.45, 2.75) is 46.7 Å². The van der Waals surface area contributed by atoms with Crippen molar-refractivity contribution in [3.63, 3.8) is 0 Å². The van der Waals surface area contributed by atoms with E-state index in [1.807, 2.05) is 16.9 Å². The number of aryl methyl sites for hydroxylation is 1. The molecule has 1 aromatic heterocycles. The molecule has 3 nitrogen and oxygen atoms in total. The lowest BCUT2D eigenvalue weighted by Gasteiger charge is -2.23. The molecule has 1 unspecified atom stereocenters. The van der Waals surface area contributed by atoms with Crippen molar-refractivity contribution in [2.75, 3.05) is 6.54 Å². The van der Waals surface area contributed by atoms with Crippen molar-refractivity contribution in [3.05, 3.63) is 20.7 Å². The minimum atomic E-state index is 0.142. The van der Waals surface area contributed by atoms with Gasteiger partial charge in [0.1, 0.15) is 0 Å². The highest BCUT2D eigenvalue weighted by atomic mass is 32.1. The first-order valence-corrected chi connectivity index (χ1v) is 6.57. The Kier molecular flexibility index (Phi) is 4.33. The van der Waals surface area contributed by atoms with Gasteiger partial charge in [0.25, 0.3) is 0 Å². The van der Waals surface area contributed by atoms with E-state index in [-0.39, 0.29) is 10.4 Å². The summed E-state index contributed by atoms with van der Waals surface area (Å²) in [5, 5.41) is 5.38. The van der Waals surface area contributed by atoms with Gasteiger partial charge in [-0.3, -0.25) is 4.79 Å². The third kappa shape index (κ3) is 4.10. The number of rotatable bonds is 4. The molecule has 0 spiro atoms. The SMILES string of the molecule is Cc1csc(=O)n1CC(C)CNC(C)(C)C. The molecule has 0 aromatic carbocycles. The highest BCUT2D eigenvalue weighted by Gasteiger charge is 2.12. The zero-order valence-electron chi connectivity index (χ0n) is 10.8. The summed E-state index contributed by atoms with van der Waals surface area (Å²) in [6.45, 7) is 12.4. The van der Waals surface area contributed by atoms with Crippen LogP contribution < -0.4 is 10.2 Å². The Hall–Kier alpha value is -0.610. The van der Waals surface area contributed by atoms with Gasteiger partial charge >= 0.3 is 4.87 Å². The van der Waals surface area contributed by atoms with E-state index in [0.717, 1.165) is 18.8 Å². The van der Waals surface area contributed by atoms with Gasteiger partial charge in [0, 0.05) is 23.2 Å². The Morgan fingerprint density at radius 3 is 2.56 bits per heavy atom. The van der Waals surface area contributed by atoms with E-state index in [2.05, 4.69) is 33.0 Å². The fourth-order valence-electron chi connectivity index (χ4n) is 1.48. The Labute approximate surface area is 101 Å². The Bertz CT molecular complexity index is 386. The zero-order chi connectivity index (χ0) is 12.3. The number of hydrogen-bond acceptors (Lipinski definition) is 3. The largest absolute Gasteiger partial charge is 0.312 e. The molecule has 0 aliphatic carbocycles. The molecular formula is C12H22N2OS. The Morgan fingerprint density at radius 2 is 2.12 bits per heavy atom. The standard InChI is InChI=1S/C12H22N2OS/c1-9(6-13-12(3,4)5)7-14-10(2)8-16-11(14)15/h8-9,13H,6-7H2,1-5H3. The lowest BCUT2D eigenvalue weighted by Crippen LogP contribution is -2.39. The molecule has 4 heteroatoms. The van der Waals surface area contributed by atoms with E-state index in [0.29, 0.717) is 5.92 Å². The normalized spacial score (nSPS) is 14.1. The molecule has 0 saturated carbocycles. The highest BCUT2D eigenvalue weighted by molar-refractivity contribution is 7.07. The van der Waals surface area contributed by atoms with Crippen molar-refractivity contribution in [1.82, 2.24) is 9.88 Å². The second-order valence-electron chi connectivity index (χ2n) is 5.49. The molecule has 1 rings (SSSR count). The first-order chi connectivity index (χ1) is 7.29. The van der Waals surface area contributed by atoms with E-state index < -0.39 is 0 Å². The molecule has 0 amide bonds. The molecule has 1 heterocycles. The summed E-state index contributed by atoms with van der Waals surface area (Å²) in [5.74, 6) is 0.463. The smallest absolute Gasteiger partial charge is 0.307 e. The molecule has 0 saturated heterocycles. The summed E-state index contributed by atoms with van der Waals surface area (Å²) < 4.78 is 1.86. The summed E-state index contributed by atoms with van der Waals surface area (Å²) >= 11 is 1.28. The van der Waals surface area contributed by atoms with E-state index in [1.165, 1.54) is 11.3 Å². The van der Waals surface area contributed by atoms with Gasteiger partial charge < -0.3 is 9.88 Å². The van der Waals surface area contributed by atoms with Crippen LogP contribution in [0.25, 0.3) is 0 Å². The van der Waals surface area contributed by atoms with Gasteiger partial charge in [-0.05, 0) is 40.2 Å². The monoisotopic (exact) mass is 242 g/mol. The zero-order valence-corrected chi connectivity index (χ0v) is 11.6. The van der Waals surface area contributed by atoms with Crippen molar-refractivity contribution >= 4 is 11.3 Å². The van der Waals surface area contributed by atoms with Gasteiger partial charge in [-0.25, -0.2) is 0 Å². The summed E-state index contributed by atoms with van der Waals surface area (Å²) in [7, 11) is 0. The van der Waals surface area contributed by atoms with Crippen LogP contribution in [-0.2, 0) is 6.54 Å². The molecule has 92 valence electrons. The van der Waals surface area contributed by atoms with E-state index in [1.54, 1.807) is 0 Å². The molecule has 0 radical (unpaired) electrons. The van der Waals surface area contributed by atoms with Crippen molar-refractivity contribution in [2.24, 2.45) is 5.92 Å². The van der Waals surface area contributed by atoms with Gasteiger partial charge in [0.05, 0.1) is 0 Å². The molecule has 1 N–H and O–H groups in total. The fourth-order valence-corrected chi connectivity index (χ4v) is 2.23. The van der Waals surface area contributed by atoms with E-state index in [9.17, 15) is 4.79 Å². The van der Waals surface area contributed by atoms with Crippen LogP contribution in [0.1, 0.15) is 33.4 Å². The lowest BCUT2D eigenvalue weighted by atomic mass is 10.1. The maximum atomic E-state index is 11.5. The predicted octanol–water partition coefficient (Wildman–Crippen LogP) is 2.24. The summed E-state index contributed by atoms with van der Waals surface area (Å²) in [6, 6.07) is 0. The van der Waals surface area contributed by atoms with Gasteiger partial charge in [-0.15, -0.1) is 0 Å². The first kappa shape index (κ1) is 13.5. The Balaban J connectivity index is 2.52. The number of aromatic nitrogens is 1. The molecule has 1 atom stereocenters. The van der Waals surface area contributed by atoms with Crippen molar-refractivity contribution in [1.29, 1.82) is 0 Å². The second-order valence-corrected chi connectivity index (χ2v) is 6.31. The minimum Gasteiger partial charge on any atom is -0.312 e. The summed E-state index contributed by atoms with van der Waals surface area (Å²) in [5.41, 5.74) is 1.21. The fraction of sp³-hybridized carbons (Fsp3) is 0.750. The molecule has 16 heavy (non-hydrogen) atoms. The van der Waals surface area contributed by atoms with Crippen molar-refractivity contribution in [3.8, 4) is 0 Å². The van der Waals surface area contributed by atoms with Gasteiger partial charge in [-0.1, -0.05) is 18.3 Å². The van der Waals surface area contributed by atoms with Gasteiger partial charge in [0.15, 0.2) is 0 Å². The molecule has 0 aliphatic heterocycles. The number of hydrogen-bond donors (Lipinski definition) is 1. The van der Waals surface area contributed by atoms with Crippen LogP contribution in [0.2, 0.25) is 0 Å². The van der Waals surface area contributed by atoms with Crippen LogP contribution >= 0.6 is 11.3 Å².